The lowest BCUT2D eigenvalue weighted by molar-refractivity contribution is 0.0714. The van der Waals surface area contributed by atoms with Crippen LogP contribution in [0.15, 0.2) is 46.3 Å². The monoisotopic (exact) mass is 441 g/mol. The van der Waals surface area contributed by atoms with Gasteiger partial charge in [-0.05, 0) is 35.6 Å². The molecule has 1 N–H and O–H groups in total. The summed E-state index contributed by atoms with van der Waals surface area (Å²) in [6, 6.07) is 10.6. The van der Waals surface area contributed by atoms with Crippen molar-refractivity contribution in [3.05, 3.63) is 63.7 Å². The Morgan fingerprint density at radius 3 is 2.77 bits per heavy atom. The summed E-state index contributed by atoms with van der Waals surface area (Å²) < 4.78 is 16.1. The zero-order chi connectivity index (χ0) is 21.8. The van der Waals surface area contributed by atoms with Crippen LogP contribution in [0, 0.1) is 5.92 Å². The second-order valence-corrected chi connectivity index (χ2v) is 8.62. The predicted octanol–water partition coefficient (Wildman–Crippen LogP) is 3.69. The summed E-state index contributed by atoms with van der Waals surface area (Å²) in [7, 11) is 0. The van der Waals surface area contributed by atoms with Crippen LogP contribution in [0.3, 0.4) is 0 Å². The Morgan fingerprint density at radius 2 is 2.00 bits per heavy atom. The molecule has 3 aromatic rings. The van der Waals surface area contributed by atoms with Crippen molar-refractivity contribution in [2.75, 3.05) is 13.3 Å². The first-order valence-corrected chi connectivity index (χ1v) is 10.8. The van der Waals surface area contributed by atoms with Crippen LogP contribution in [0.2, 0.25) is 0 Å². The van der Waals surface area contributed by atoms with Crippen molar-refractivity contribution in [2.24, 2.45) is 5.92 Å². The molecule has 1 aliphatic heterocycles. The third-order valence-electron chi connectivity index (χ3n) is 4.64. The largest absolute Gasteiger partial charge is 0.454 e. The molecule has 0 spiro atoms. The number of rotatable bonds is 8. The van der Waals surface area contributed by atoms with Crippen molar-refractivity contribution in [1.82, 2.24) is 15.4 Å². The lowest BCUT2D eigenvalue weighted by Gasteiger charge is -2.21. The third-order valence-corrected chi connectivity index (χ3v) is 5.50. The van der Waals surface area contributed by atoms with Crippen molar-refractivity contribution in [3.8, 4) is 11.5 Å². The van der Waals surface area contributed by atoms with E-state index in [2.05, 4.69) is 10.5 Å². The van der Waals surface area contributed by atoms with E-state index in [1.807, 2.05) is 31.4 Å². The summed E-state index contributed by atoms with van der Waals surface area (Å²) in [5.74, 6) is 1.44. The molecule has 3 heterocycles. The second-order valence-electron chi connectivity index (χ2n) is 7.59. The minimum absolute atomic E-state index is 0.144. The zero-order valence-electron chi connectivity index (χ0n) is 17.3. The smallest absolute Gasteiger partial charge is 0.273 e. The Balaban J connectivity index is 1.52. The van der Waals surface area contributed by atoms with E-state index in [0.29, 0.717) is 41.8 Å². The molecule has 0 saturated carbocycles. The average Bonchev–Trinajstić information content (AvgIpc) is 3.52. The van der Waals surface area contributed by atoms with Crippen LogP contribution >= 0.6 is 11.3 Å². The van der Waals surface area contributed by atoms with E-state index in [-0.39, 0.29) is 30.8 Å². The van der Waals surface area contributed by atoms with E-state index < -0.39 is 0 Å². The van der Waals surface area contributed by atoms with Gasteiger partial charge in [-0.2, -0.15) is 0 Å². The highest BCUT2D eigenvalue weighted by Gasteiger charge is 2.23. The van der Waals surface area contributed by atoms with E-state index in [1.54, 1.807) is 40.5 Å². The Kier molecular flexibility index (Phi) is 6.22. The molecule has 1 aliphatic rings. The minimum Gasteiger partial charge on any atom is -0.454 e. The molecule has 0 aliphatic carbocycles. The number of nitrogens with one attached hydrogen (secondary N) is 1. The summed E-state index contributed by atoms with van der Waals surface area (Å²) in [5.41, 5.74) is 0.678. The SMILES string of the molecule is CC(C)CNC(=O)c1cc(CN(Cc2cccs2)C(=O)c2ccc3c(c2)OCO3)on1. The van der Waals surface area contributed by atoms with Gasteiger partial charge in [0, 0.05) is 23.1 Å². The van der Waals surface area contributed by atoms with Crippen LogP contribution in [0.5, 0.6) is 11.5 Å². The van der Waals surface area contributed by atoms with E-state index >= 15 is 0 Å². The summed E-state index contributed by atoms with van der Waals surface area (Å²) in [6.07, 6.45) is 0. The summed E-state index contributed by atoms with van der Waals surface area (Å²) in [5, 5.41) is 8.63. The molecular weight excluding hydrogens is 418 g/mol. The van der Waals surface area contributed by atoms with Crippen molar-refractivity contribution in [3.63, 3.8) is 0 Å². The van der Waals surface area contributed by atoms with E-state index in [0.717, 1.165) is 4.88 Å². The molecular formula is C22H23N3O5S. The lowest BCUT2D eigenvalue weighted by Crippen LogP contribution is -2.29. The number of thiophene rings is 1. The van der Waals surface area contributed by atoms with Gasteiger partial charge in [0.1, 0.15) is 0 Å². The number of aromatic nitrogens is 1. The first kappa shape index (κ1) is 20.9. The van der Waals surface area contributed by atoms with Crippen LogP contribution in [0.1, 0.15) is 45.3 Å². The fourth-order valence-corrected chi connectivity index (χ4v) is 3.79. The van der Waals surface area contributed by atoms with Gasteiger partial charge in [0.25, 0.3) is 11.8 Å². The molecule has 162 valence electrons. The van der Waals surface area contributed by atoms with Crippen LogP contribution < -0.4 is 14.8 Å². The standard InChI is InChI=1S/C22H23N3O5S/c1-14(2)10-23-21(26)18-9-16(30-24-18)11-25(12-17-4-3-7-31-17)22(27)15-5-6-19-20(8-15)29-13-28-19/h3-9,14H,10-13H2,1-2H3,(H,23,26). The highest BCUT2D eigenvalue weighted by Crippen LogP contribution is 2.33. The van der Waals surface area contributed by atoms with Crippen molar-refractivity contribution in [2.45, 2.75) is 26.9 Å². The van der Waals surface area contributed by atoms with Gasteiger partial charge in [-0.25, -0.2) is 0 Å². The van der Waals surface area contributed by atoms with Gasteiger partial charge in [-0.3, -0.25) is 9.59 Å². The van der Waals surface area contributed by atoms with Crippen LogP contribution in [0.25, 0.3) is 0 Å². The van der Waals surface area contributed by atoms with Gasteiger partial charge in [-0.1, -0.05) is 25.1 Å². The number of benzene rings is 1. The average molecular weight is 442 g/mol. The molecule has 0 atom stereocenters. The van der Waals surface area contributed by atoms with E-state index in [9.17, 15) is 9.59 Å². The van der Waals surface area contributed by atoms with E-state index in [4.69, 9.17) is 14.0 Å². The number of fused-ring (bicyclic) bond motifs is 1. The van der Waals surface area contributed by atoms with Crippen LogP contribution in [-0.4, -0.2) is 35.2 Å². The van der Waals surface area contributed by atoms with Gasteiger partial charge < -0.3 is 24.2 Å². The van der Waals surface area contributed by atoms with Crippen molar-refractivity contribution >= 4 is 23.2 Å². The maximum atomic E-state index is 13.3. The van der Waals surface area contributed by atoms with Crippen LogP contribution in [0.4, 0.5) is 0 Å². The number of carbonyl (C=O) groups is 2. The molecule has 4 rings (SSSR count). The summed E-state index contributed by atoms with van der Waals surface area (Å²) >= 11 is 1.56. The molecule has 0 bridgehead atoms. The van der Waals surface area contributed by atoms with Crippen molar-refractivity contribution < 1.29 is 23.6 Å². The van der Waals surface area contributed by atoms with Gasteiger partial charge in [0.15, 0.2) is 23.0 Å². The van der Waals surface area contributed by atoms with E-state index in [1.165, 1.54) is 0 Å². The molecule has 8 nitrogen and oxygen atoms in total. The molecule has 2 aromatic heterocycles. The summed E-state index contributed by atoms with van der Waals surface area (Å²) in [4.78, 5) is 28.2. The second kappa shape index (κ2) is 9.22. The number of nitrogens with zero attached hydrogens (tertiary/aromatic N) is 2. The van der Waals surface area contributed by atoms with Crippen LogP contribution in [-0.2, 0) is 13.1 Å². The van der Waals surface area contributed by atoms with Gasteiger partial charge >= 0.3 is 0 Å². The maximum Gasteiger partial charge on any atom is 0.273 e. The quantitative estimate of drug-likeness (QED) is 0.573. The Labute approximate surface area is 183 Å². The maximum absolute atomic E-state index is 13.3. The number of hydrogen-bond acceptors (Lipinski definition) is 7. The molecule has 0 saturated heterocycles. The molecule has 0 unspecified atom stereocenters. The molecule has 9 heteroatoms. The zero-order valence-corrected chi connectivity index (χ0v) is 18.1. The highest BCUT2D eigenvalue weighted by molar-refractivity contribution is 7.09. The Morgan fingerprint density at radius 1 is 1.16 bits per heavy atom. The number of amides is 2. The fourth-order valence-electron chi connectivity index (χ4n) is 3.07. The first-order chi connectivity index (χ1) is 15.0. The molecule has 31 heavy (non-hydrogen) atoms. The van der Waals surface area contributed by atoms with Gasteiger partial charge in [0.05, 0.1) is 13.1 Å². The summed E-state index contributed by atoms with van der Waals surface area (Å²) in [6.45, 7) is 5.30. The van der Waals surface area contributed by atoms with Gasteiger partial charge in [-0.15, -0.1) is 11.3 Å². The minimum atomic E-state index is -0.296. The number of hydrogen-bond donors (Lipinski definition) is 1. The van der Waals surface area contributed by atoms with Gasteiger partial charge in [0.2, 0.25) is 6.79 Å². The highest BCUT2D eigenvalue weighted by atomic mass is 32.1. The molecule has 1 aromatic carbocycles. The predicted molar refractivity (Wildman–Crippen MR) is 114 cm³/mol. The topological polar surface area (TPSA) is 93.9 Å². The first-order valence-electron chi connectivity index (χ1n) is 9.94. The van der Waals surface area contributed by atoms with Crippen molar-refractivity contribution in [1.29, 1.82) is 0 Å². The third kappa shape index (κ3) is 5.05. The normalized spacial score (nSPS) is 12.2. The molecule has 2 amide bonds. The molecule has 0 radical (unpaired) electrons. The Bertz CT molecular complexity index is 1060. The fraction of sp³-hybridized carbons (Fsp3) is 0.318. The number of carbonyl (C=O) groups excluding carboxylic acids is 2. The number of ether oxygens (including phenoxy) is 2. The Hall–Kier alpha value is -3.33. The molecule has 0 fully saturated rings. The lowest BCUT2D eigenvalue weighted by atomic mass is 10.1.